The summed E-state index contributed by atoms with van der Waals surface area (Å²) in [6, 6.07) is 9.24. The molecule has 0 fully saturated rings. The van der Waals surface area contributed by atoms with E-state index in [2.05, 4.69) is 6.58 Å². The largest absolute Gasteiger partial charge is 0.461 e. The quantitative estimate of drug-likeness (QED) is 0.424. The maximum absolute atomic E-state index is 11.3. The molecule has 4 nitrogen and oxygen atoms in total. The molecule has 0 radical (unpaired) electrons. The van der Waals surface area contributed by atoms with Gasteiger partial charge in [0, 0.05) is 12.2 Å². The van der Waals surface area contributed by atoms with Crippen molar-refractivity contribution in [1.82, 2.24) is 0 Å². The van der Waals surface area contributed by atoms with Crippen LogP contribution in [0.25, 0.3) is 0 Å². The fraction of sp³-hybridized carbons (Fsp3) is 0.357. The fourth-order valence-electron chi connectivity index (χ4n) is 1.22. The molecule has 1 rings (SSSR count). The molecule has 0 aliphatic rings. The third kappa shape index (κ3) is 5.01. The minimum absolute atomic E-state index is 0.0361. The lowest BCUT2D eigenvalue weighted by molar-refractivity contribution is -0.155. The van der Waals surface area contributed by atoms with Crippen molar-refractivity contribution in [2.45, 2.75) is 20.1 Å². The molecule has 0 aliphatic heterocycles. The normalized spacial score (nSPS) is 11.7. The molecule has 0 spiro atoms. The van der Waals surface area contributed by atoms with Crippen LogP contribution >= 0.6 is 0 Å². The zero-order valence-corrected chi connectivity index (χ0v) is 10.7. The number of para-hydroxylation sites is 1. The summed E-state index contributed by atoms with van der Waals surface area (Å²) in [7, 11) is 0. The number of benzene rings is 1. The third-order valence-electron chi connectivity index (χ3n) is 2.06. The highest BCUT2D eigenvalue weighted by Crippen LogP contribution is 2.12. The lowest BCUT2D eigenvalue weighted by Gasteiger charge is -2.18. The average Bonchev–Trinajstić information content (AvgIpc) is 2.37. The Labute approximate surface area is 107 Å². The molecule has 0 heterocycles. The van der Waals surface area contributed by atoms with E-state index < -0.39 is 12.3 Å². The maximum Gasteiger partial charge on any atom is 0.333 e. The van der Waals surface area contributed by atoms with Crippen molar-refractivity contribution in [2.24, 2.45) is 0 Å². The van der Waals surface area contributed by atoms with Gasteiger partial charge in [-0.2, -0.15) is 0 Å². The van der Waals surface area contributed by atoms with E-state index in [0.717, 1.165) is 0 Å². The molecular formula is C14H18O4. The summed E-state index contributed by atoms with van der Waals surface area (Å²) in [6.45, 7) is 7.46. The van der Waals surface area contributed by atoms with Crippen LogP contribution in [0.3, 0.4) is 0 Å². The van der Waals surface area contributed by atoms with Crippen LogP contribution in [0.15, 0.2) is 42.5 Å². The van der Waals surface area contributed by atoms with Gasteiger partial charge in [0.05, 0.1) is 0 Å². The van der Waals surface area contributed by atoms with Gasteiger partial charge in [-0.3, -0.25) is 0 Å². The van der Waals surface area contributed by atoms with Crippen molar-refractivity contribution in [2.75, 3.05) is 13.2 Å². The van der Waals surface area contributed by atoms with Crippen molar-refractivity contribution in [3.05, 3.63) is 42.5 Å². The highest BCUT2D eigenvalue weighted by molar-refractivity contribution is 5.86. The third-order valence-corrected chi connectivity index (χ3v) is 2.06. The Morgan fingerprint density at radius 2 is 2.00 bits per heavy atom. The zero-order valence-electron chi connectivity index (χ0n) is 10.7. The minimum atomic E-state index is -0.610. The molecule has 0 bridgehead atoms. The first-order valence-corrected chi connectivity index (χ1v) is 5.79. The van der Waals surface area contributed by atoms with E-state index in [1.165, 1.54) is 0 Å². The van der Waals surface area contributed by atoms with Crippen molar-refractivity contribution in [3.8, 4) is 5.75 Å². The smallest absolute Gasteiger partial charge is 0.333 e. The Morgan fingerprint density at radius 1 is 1.33 bits per heavy atom. The van der Waals surface area contributed by atoms with Crippen LogP contribution in [0, 0.1) is 0 Å². The van der Waals surface area contributed by atoms with Crippen LogP contribution in [0.2, 0.25) is 0 Å². The van der Waals surface area contributed by atoms with Gasteiger partial charge >= 0.3 is 5.97 Å². The highest BCUT2D eigenvalue weighted by Gasteiger charge is 2.13. The van der Waals surface area contributed by atoms with Gasteiger partial charge in [-0.15, -0.1) is 0 Å². The Morgan fingerprint density at radius 3 is 2.56 bits per heavy atom. The molecule has 1 atom stereocenters. The Hall–Kier alpha value is -1.81. The molecule has 1 unspecified atom stereocenters. The molecule has 1 aromatic carbocycles. The standard InChI is InChI=1S/C14H18O4/c1-4-16-13(10-17-14(15)11(2)3)18-12-8-6-5-7-9-12/h5-9,13H,2,4,10H2,1,3H3. The average molecular weight is 250 g/mol. The van der Waals surface area contributed by atoms with E-state index in [1.54, 1.807) is 6.92 Å². The molecule has 0 saturated carbocycles. The molecule has 0 N–H and O–H groups in total. The zero-order chi connectivity index (χ0) is 13.4. The summed E-state index contributed by atoms with van der Waals surface area (Å²) >= 11 is 0. The number of carbonyl (C=O) groups is 1. The number of ether oxygens (including phenoxy) is 3. The molecule has 0 amide bonds. The summed E-state index contributed by atoms with van der Waals surface area (Å²) < 4.78 is 15.9. The Balaban J connectivity index is 2.50. The van der Waals surface area contributed by atoms with Gasteiger partial charge in [-0.1, -0.05) is 24.8 Å². The molecule has 4 heteroatoms. The number of carbonyl (C=O) groups excluding carboxylic acids is 1. The Kier molecular flexibility index (Phi) is 5.94. The first-order valence-electron chi connectivity index (χ1n) is 5.79. The summed E-state index contributed by atoms with van der Waals surface area (Å²) in [6.07, 6.45) is -0.610. The van der Waals surface area contributed by atoms with Crippen LogP contribution in [-0.2, 0) is 14.3 Å². The first-order chi connectivity index (χ1) is 8.63. The monoisotopic (exact) mass is 250 g/mol. The van der Waals surface area contributed by atoms with Crippen molar-refractivity contribution < 1.29 is 19.0 Å². The lowest BCUT2D eigenvalue weighted by Crippen LogP contribution is -2.28. The van der Waals surface area contributed by atoms with Crippen molar-refractivity contribution in [3.63, 3.8) is 0 Å². The molecule has 98 valence electrons. The van der Waals surface area contributed by atoms with Crippen LogP contribution in [0.4, 0.5) is 0 Å². The second kappa shape index (κ2) is 7.50. The number of esters is 1. The van der Waals surface area contributed by atoms with Crippen LogP contribution < -0.4 is 4.74 Å². The molecular weight excluding hydrogens is 232 g/mol. The van der Waals surface area contributed by atoms with Crippen molar-refractivity contribution >= 4 is 5.97 Å². The van der Waals surface area contributed by atoms with Gasteiger partial charge in [0.2, 0.25) is 6.29 Å². The van der Waals surface area contributed by atoms with Crippen molar-refractivity contribution in [1.29, 1.82) is 0 Å². The SMILES string of the molecule is C=C(C)C(=O)OCC(OCC)Oc1ccccc1. The Bertz CT molecular complexity index is 386. The van der Waals surface area contributed by atoms with Crippen LogP contribution in [0.1, 0.15) is 13.8 Å². The summed E-state index contributed by atoms with van der Waals surface area (Å²) in [5.74, 6) is 0.221. The molecule has 18 heavy (non-hydrogen) atoms. The topological polar surface area (TPSA) is 44.8 Å². The van der Waals surface area contributed by atoms with Gasteiger partial charge < -0.3 is 14.2 Å². The second-order valence-corrected chi connectivity index (χ2v) is 3.69. The van der Waals surface area contributed by atoms with E-state index in [-0.39, 0.29) is 6.61 Å². The highest BCUT2D eigenvalue weighted by atomic mass is 16.7. The van der Waals surface area contributed by atoms with Gasteiger partial charge in [-0.05, 0) is 26.0 Å². The fourth-order valence-corrected chi connectivity index (χ4v) is 1.22. The van der Waals surface area contributed by atoms with Gasteiger partial charge in [0.25, 0.3) is 0 Å². The van der Waals surface area contributed by atoms with Gasteiger partial charge in [0.15, 0.2) is 6.61 Å². The lowest BCUT2D eigenvalue weighted by atomic mass is 10.3. The predicted molar refractivity (Wildman–Crippen MR) is 68.3 cm³/mol. The van der Waals surface area contributed by atoms with Gasteiger partial charge in [-0.25, -0.2) is 4.79 Å². The summed E-state index contributed by atoms with van der Waals surface area (Å²) in [5.41, 5.74) is 0.352. The number of rotatable bonds is 7. The summed E-state index contributed by atoms with van der Waals surface area (Å²) in [4.78, 5) is 11.3. The second-order valence-electron chi connectivity index (χ2n) is 3.69. The van der Waals surface area contributed by atoms with E-state index in [9.17, 15) is 4.79 Å². The van der Waals surface area contributed by atoms with E-state index in [4.69, 9.17) is 14.2 Å². The first kappa shape index (κ1) is 14.3. The maximum atomic E-state index is 11.3. The van der Waals surface area contributed by atoms with E-state index >= 15 is 0 Å². The van der Waals surface area contributed by atoms with Crippen LogP contribution in [-0.4, -0.2) is 25.5 Å². The predicted octanol–water partition coefficient (Wildman–Crippen LogP) is 2.55. The van der Waals surface area contributed by atoms with Crippen LogP contribution in [0.5, 0.6) is 5.75 Å². The molecule has 0 aliphatic carbocycles. The van der Waals surface area contributed by atoms with E-state index in [0.29, 0.717) is 17.9 Å². The summed E-state index contributed by atoms with van der Waals surface area (Å²) in [5, 5.41) is 0. The minimum Gasteiger partial charge on any atom is -0.461 e. The number of hydrogen-bond acceptors (Lipinski definition) is 4. The van der Waals surface area contributed by atoms with Gasteiger partial charge in [0.1, 0.15) is 5.75 Å². The van der Waals surface area contributed by atoms with E-state index in [1.807, 2.05) is 37.3 Å². The molecule has 1 aromatic rings. The molecule has 0 saturated heterocycles. The molecule has 0 aromatic heterocycles. The number of hydrogen-bond donors (Lipinski definition) is 0.